The summed E-state index contributed by atoms with van der Waals surface area (Å²) in [6, 6.07) is 9.76. The van der Waals surface area contributed by atoms with E-state index in [2.05, 4.69) is 31.9 Å². The first-order valence-corrected chi connectivity index (χ1v) is 7.31. The second kappa shape index (κ2) is 8.59. The Balaban J connectivity index is 0.000000211. The van der Waals surface area contributed by atoms with Gasteiger partial charge in [0.25, 0.3) is 0 Å². The quantitative estimate of drug-likeness (QED) is 0.761. The van der Waals surface area contributed by atoms with E-state index in [1.807, 2.05) is 0 Å². The summed E-state index contributed by atoms with van der Waals surface area (Å²) in [5.74, 6) is 0.776. The highest BCUT2D eigenvalue weighted by Gasteiger charge is 1.97. The maximum Gasteiger partial charge on any atom is 0.150 e. The Morgan fingerprint density at radius 3 is 1.90 bits per heavy atom. The fraction of sp³-hybridized carbons (Fsp3) is 0.0667. The molecule has 0 aliphatic rings. The fourth-order valence-electron chi connectivity index (χ4n) is 1.43. The molecule has 0 radical (unpaired) electrons. The highest BCUT2D eigenvalue weighted by Crippen LogP contribution is 2.20. The predicted molar refractivity (Wildman–Crippen MR) is 87.3 cm³/mol. The van der Waals surface area contributed by atoms with E-state index in [4.69, 9.17) is 9.84 Å². The standard InChI is InChI=1S/C8H7BrO2.C7H5BrO2/c1-11-8-3-6(5-10)2-7(9)4-8;8-6-1-5(4-9)2-7(10)3-6/h2-5H,1H3;1-4,10H. The zero-order valence-electron chi connectivity index (χ0n) is 11.0. The minimum Gasteiger partial charge on any atom is -0.508 e. The lowest BCUT2D eigenvalue weighted by Crippen LogP contribution is -1.85. The average Bonchev–Trinajstić information content (AvgIpc) is 2.46. The first-order chi connectivity index (χ1) is 9.98. The number of carbonyl (C=O) groups is 2. The van der Waals surface area contributed by atoms with Crippen LogP contribution in [0.15, 0.2) is 45.3 Å². The molecule has 2 aromatic carbocycles. The van der Waals surface area contributed by atoms with E-state index in [1.165, 1.54) is 12.1 Å². The van der Waals surface area contributed by atoms with Crippen molar-refractivity contribution in [3.63, 3.8) is 0 Å². The molecule has 0 amide bonds. The molecule has 21 heavy (non-hydrogen) atoms. The molecule has 0 aliphatic heterocycles. The van der Waals surface area contributed by atoms with Gasteiger partial charge >= 0.3 is 0 Å². The van der Waals surface area contributed by atoms with Crippen LogP contribution >= 0.6 is 31.9 Å². The number of benzene rings is 2. The Bertz CT molecular complexity index is 621. The highest BCUT2D eigenvalue weighted by molar-refractivity contribution is 9.10. The van der Waals surface area contributed by atoms with Crippen LogP contribution in [-0.4, -0.2) is 24.8 Å². The van der Waals surface area contributed by atoms with Gasteiger partial charge < -0.3 is 9.84 Å². The number of halogens is 2. The molecule has 0 aromatic heterocycles. The van der Waals surface area contributed by atoms with Gasteiger partial charge in [0.15, 0.2) is 0 Å². The van der Waals surface area contributed by atoms with Crippen LogP contribution in [0.2, 0.25) is 0 Å². The number of ether oxygens (including phenoxy) is 1. The second-order valence-electron chi connectivity index (χ2n) is 3.90. The van der Waals surface area contributed by atoms with Gasteiger partial charge in [-0.3, -0.25) is 9.59 Å². The molecule has 0 unspecified atom stereocenters. The predicted octanol–water partition coefficient (Wildman–Crippen LogP) is 4.24. The van der Waals surface area contributed by atoms with E-state index in [1.54, 1.807) is 31.4 Å². The summed E-state index contributed by atoms with van der Waals surface area (Å²) in [5, 5.41) is 8.94. The van der Waals surface area contributed by atoms with Crippen LogP contribution in [0.3, 0.4) is 0 Å². The number of aromatic hydroxyl groups is 1. The first-order valence-electron chi connectivity index (χ1n) is 5.73. The number of aldehydes is 2. The van der Waals surface area contributed by atoms with Crippen molar-refractivity contribution in [2.45, 2.75) is 0 Å². The molecule has 0 saturated heterocycles. The monoisotopic (exact) mass is 414 g/mol. The number of phenols is 1. The SMILES string of the molecule is COc1cc(Br)cc(C=O)c1.O=Cc1cc(O)cc(Br)c1. The molecule has 0 saturated carbocycles. The largest absolute Gasteiger partial charge is 0.508 e. The molecule has 0 heterocycles. The molecule has 0 spiro atoms. The summed E-state index contributed by atoms with van der Waals surface area (Å²) < 4.78 is 6.50. The molecule has 0 fully saturated rings. The average molecular weight is 416 g/mol. The van der Waals surface area contributed by atoms with Gasteiger partial charge in [0, 0.05) is 20.1 Å². The van der Waals surface area contributed by atoms with Crippen LogP contribution in [0.25, 0.3) is 0 Å². The summed E-state index contributed by atoms with van der Waals surface area (Å²) in [6.07, 6.45) is 1.47. The van der Waals surface area contributed by atoms with Crippen LogP contribution in [0.5, 0.6) is 11.5 Å². The van der Waals surface area contributed by atoms with Gasteiger partial charge in [0.2, 0.25) is 0 Å². The molecule has 0 aliphatic carbocycles. The number of hydrogen-bond donors (Lipinski definition) is 1. The summed E-state index contributed by atoms with van der Waals surface area (Å²) in [6.45, 7) is 0. The third kappa shape index (κ3) is 6.10. The lowest BCUT2D eigenvalue weighted by molar-refractivity contribution is 0.111. The summed E-state index contributed by atoms with van der Waals surface area (Å²) >= 11 is 6.39. The van der Waals surface area contributed by atoms with E-state index in [-0.39, 0.29) is 5.75 Å². The number of rotatable bonds is 3. The van der Waals surface area contributed by atoms with Gasteiger partial charge in [-0.15, -0.1) is 0 Å². The van der Waals surface area contributed by atoms with E-state index in [9.17, 15) is 9.59 Å². The van der Waals surface area contributed by atoms with Crippen molar-refractivity contribution >= 4 is 44.4 Å². The molecular formula is C15H12Br2O4. The first kappa shape index (κ1) is 17.4. The number of carbonyl (C=O) groups excluding carboxylic acids is 2. The van der Waals surface area contributed by atoms with Crippen LogP contribution < -0.4 is 4.74 Å². The van der Waals surface area contributed by atoms with Crippen molar-refractivity contribution in [1.29, 1.82) is 0 Å². The molecule has 4 nitrogen and oxygen atoms in total. The van der Waals surface area contributed by atoms with Gasteiger partial charge in [0.05, 0.1) is 7.11 Å². The zero-order chi connectivity index (χ0) is 15.8. The zero-order valence-corrected chi connectivity index (χ0v) is 14.2. The van der Waals surface area contributed by atoms with Crippen molar-refractivity contribution in [3.05, 3.63) is 56.5 Å². The lowest BCUT2D eigenvalue weighted by atomic mass is 10.2. The van der Waals surface area contributed by atoms with Gasteiger partial charge in [-0.2, -0.15) is 0 Å². The van der Waals surface area contributed by atoms with Crippen LogP contribution in [0, 0.1) is 0 Å². The van der Waals surface area contributed by atoms with Crippen LogP contribution in [0.4, 0.5) is 0 Å². The van der Waals surface area contributed by atoms with Crippen molar-refractivity contribution in [3.8, 4) is 11.5 Å². The van der Waals surface area contributed by atoms with Crippen LogP contribution in [0.1, 0.15) is 20.7 Å². The molecular weight excluding hydrogens is 404 g/mol. The van der Waals surface area contributed by atoms with E-state index in [0.29, 0.717) is 27.6 Å². The van der Waals surface area contributed by atoms with Crippen molar-refractivity contribution in [2.75, 3.05) is 7.11 Å². The highest BCUT2D eigenvalue weighted by atomic mass is 79.9. The molecule has 0 atom stereocenters. The summed E-state index contributed by atoms with van der Waals surface area (Å²) in [7, 11) is 1.57. The van der Waals surface area contributed by atoms with Gasteiger partial charge in [-0.05, 0) is 36.4 Å². The molecule has 2 rings (SSSR count). The molecule has 0 bridgehead atoms. The number of methoxy groups -OCH3 is 1. The second-order valence-corrected chi connectivity index (χ2v) is 5.73. The minimum absolute atomic E-state index is 0.0940. The normalized spacial score (nSPS) is 9.29. The Morgan fingerprint density at radius 1 is 0.905 bits per heavy atom. The van der Waals surface area contributed by atoms with Gasteiger partial charge in [-0.1, -0.05) is 31.9 Å². The van der Waals surface area contributed by atoms with Crippen molar-refractivity contribution in [2.24, 2.45) is 0 Å². The lowest BCUT2D eigenvalue weighted by Gasteiger charge is -2.00. The molecule has 110 valence electrons. The summed E-state index contributed by atoms with van der Waals surface area (Å²) in [4.78, 5) is 20.5. The third-order valence-electron chi connectivity index (χ3n) is 2.31. The topological polar surface area (TPSA) is 63.6 Å². The Hall–Kier alpha value is -1.66. The van der Waals surface area contributed by atoms with E-state index >= 15 is 0 Å². The smallest absolute Gasteiger partial charge is 0.150 e. The number of phenolic OH excluding ortho intramolecular Hbond substituents is 1. The van der Waals surface area contributed by atoms with Crippen molar-refractivity contribution < 1.29 is 19.4 Å². The summed E-state index contributed by atoms with van der Waals surface area (Å²) in [5.41, 5.74) is 1.07. The van der Waals surface area contributed by atoms with Gasteiger partial charge in [-0.25, -0.2) is 0 Å². The minimum atomic E-state index is 0.0940. The Morgan fingerprint density at radius 2 is 1.43 bits per heavy atom. The fourth-order valence-corrected chi connectivity index (χ4v) is 2.42. The maximum absolute atomic E-state index is 10.4. The Kier molecular flexibility index (Phi) is 7.11. The van der Waals surface area contributed by atoms with Gasteiger partial charge in [0.1, 0.15) is 24.1 Å². The number of hydrogen-bond acceptors (Lipinski definition) is 4. The maximum atomic E-state index is 10.4. The molecule has 2 aromatic rings. The molecule has 1 N–H and O–H groups in total. The van der Waals surface area contributed by atoms with E-state index < -0.39 is 0 Å². The van der Waals surface area contributed by atoms with Crippen molar-refractivity contribution in [1.82, 2.24) is 0 Å². The van der Waals surface area contributed by atoms with Crippen LogP contribution in [-0.2, 0) is 0 Å². The molecule has 6 heteroatoms. The third-order valence-corrected chi connectivity index (χ3v) is 3.22. The Labute approximate surface area is 139 Å². The van der Waals surface area contributed by atoms with E-state index in [0.717, 1.165) is 10.8 Å².